The maximum atomic E-state index is 12.6. The maximum absolute atomic E-state index is 12.6. The summed E-state index contributed by atoms with van der Waals surface area (Å²) in [5.41, 5.74) is 0. The maximum Gasteiger partial charge on any atom is 0.286 e. The molecule has 1 aromatic carbocycles. The minimum atomic E-state index is -3.66. The molecule has 0 fully saturated rings. The molecule has 0 atom stereocenters. The van der Waals surface area contributed by atoms with Crippen molar-refractivity contribution in [1.29, 1.82) is 0 Å². The first-order valence-corrected chi connectivity index (χ1v) is 9.93. The van der Waals surface area contributed by atoms with E-state index in [1.54, 1.807) is 18.2 Å². The average Bonchev–Trinajstić information content (AvgIpc) is 3.09. The number of furan rings is 1. The molecule has 1 aromatic heterocycles. The minimum Gasteiger partial charge on any atom is -0.495 e. The Morgan fingerprint density at radius 2 is 1.96 bits per heavy atom. The van der Waals surface area contributed by atoms with Gasteiger partial charge in [-0.3, -0.25) is 4.79 Å². The lowest BCUT2D eigenvalue weighted by atomic mass is 10.3. The lowest BCUT2D eigenvalue weighted by Gasteiger charge is -2.08. The topological polar surface area (TPSA) is 94.8 Å². The van der Waals surface area contributed by atoms with Gasteiger partial charge in [-0.25, -0.2) is 8.42 Å². The molecule has 0 aliphatic rings. The van der Waals surface area contributed by atoms with Gasteiger partial charge in [0.25, 0.3) is 5.91 Å². The summed E-state index contributed by atoms with van der Waals surface area (Å²) in [4.78, 5) is 12.1. The second-order valence-corrected chi connectivity index (χ2v) is 7.44. The van der Waals surface area contributed by atoms with Gasteiger partial charge in [0.15, 0.2) is 15.6 Å². The number of amides is 1. The van der Waals surface area contributed by atoms with Crippen LogP contribution in [-0.4, -0.2) is 41.2 Å². The fourth-order valence-corrected chi connectivity index (χ4v) is 3.75. The van der Waals surface area contributed by atoms with Crippen molar-refractivity contribution in [2.75, 3.05) is 26.9 Å². The number of sulfone groups is 1. The van der Waals surface area contributed by atoms with Crippen molar-refractivity contribution >= 4 is 15.7 Å². The van der Waals surface area contributed by atoms with Gasteiger partial charge in [0, 0.05) is 19.8 Å². The van der Waals surface area contributed by atoms with E-state index < -0.39 is 9.84 Å². The third kappa shape index (κ3) is 5.34. The fourth-order valence-electron chi connectivity index (χ4n) is 2.33. The Kier molecular flexibility index (Phi) is 7.23. The smallest absolute Gasteiger partial charge is 0.286 e. The lowest BCUT2D eigenvalue weighted by Crippen LogP contribution is -2.24. The summed E-state index contributed by atoms with van der Waals surface area (Å²) in [6.07, 6.45) is 0.690. The molecule has 142 valence electrons. The number of rotatable bonds is 10. The molecule has 0 saturated heterocycles. The van der Waals surface area contributed by atoms with Crippen LogP contribution in [0.5, 0.6) is 5.75 Å². The summed E-state index contributed by atoms with van der Waals surface area (Å²) in [6.45, 7) is 3.56. The van der Waals surface area contributed by atoms with Crippen LogP contribution < -0.4 is 10.1 Å². The zero-order chi connectivity index (χ0) is 19.0. The summed E-state index contributed by atoms with van der Waals surface area (Å²) < 4.78 is 40.8. The molecule has 1 N–H and O–H groups in total. The number of carbonyl (C=O) groups excluding carboxylic acids is 1. The van der Waals surface area contributed by atoms with E-state index >= 15 is 0 Å². The van der Waals surface area contributed by atoms with Crippen molar-refractivity contribution in [3.8, 4) is 5.75 Å². The normalized spacial score (nSPS) is 11.3. The summed E-state index contributed by atoms with van der Waals surface area (Å²) in [6, 6.07) is 9.32. The molecule has 0 radical (unpaired) electrons. The van der Waals surface area contributed by atoms with E-state index in [0.29, 0.717) is 26.2 Å². The van der Waals surface area contributed by atoms with Gasteiger partial charge in [-0.05, 0) is 37.6 Å². The van der Waals surface area contributed by atoms with E-state index in [4.69, 9.17) is 13.9 Å². The van der Waals surface area contributed by atoms with Crippen LogP contribution >= 0.6 is 0 Å². The van der Waals surface area contributed by atoms with E-state index in [9.17, 15) is 13.2 Å². The minimum absolute atomic E-state index is 0.0756. The molecule has 2 rings (SSSR count). The standard InChI is InChI=1S/C18H23NO6S/c1-3-24-12-6-11-19-18(20)16-10-9-14(25-16)13-26(21,22)17-8-5-4-7-15(17)23-2/h4-5,7-10H,3,6,11-13H2,1-2H3,(H,19,20). The number of para-hydroxylation sites is 1. The van der Waals surface area contributed by atoms with Crippen LogP contribution in [0.25, 0.3) is 0 Å². The molecule has 8 heteroatoms. The van der Waals surface area contributed by atoms with Crippen molar-refractivity contribution in [1.82, 2.24) is 5.32 Å². The largest absolute Gasteiger partial charge is 0.495 e. The quantitative estimate of drug-likeness (QED) is 0.635. The van der Waals surface area contributed by atoms with Gasteiger partial charge in [0.2, 0.25) is 0 Å². The first kappa shape index (κ1) is 20.0. The van der Waals surface area contributed by atoms with Crippen molar-refractivity contribution in [2.45, 2.75) is 24.0 Å². The zero-order valence-electron chi connectivity index (χ0n) is 14.9. The van der Waals surface area contributed by atoms with E-state index in [2.05, 4.69) is 5.32 Å². The van der Waals surface area contributed by atoms with E-state index in [1.165, 1.54) is 25.3 Å². The van der Waals surface area contributed by atoms with Gasteiger partial charge >= 0.3 is 0 Å². The van der Waals surface area contributed by atoms with Crippen LogP contribution in [0.4, 0.5) is 0 Å². The Bertz CT molecular complexity index is 828. The van der Waals surface area contributed by atoms with Crippen LogP contribution in [0.2, 0.25) is 0 Å². The Hall–Kier alpha value is -2.32. The number of benzene rings is 1. The second-order valence-electron chi connectivity index (χ2n) is 5.48. The predicted octanol–water partition coefficient (Wildman–Crippen LogP) is 2.42. The Balaban J connectivity index is 2.00. The number of hydrogen-bond acceptors (Lipinski definition) is 6. The first-order valence-electron chi connectivity index (χ1n) is 8.28. The highest BCUT2D eigenvalue weighted by molar-refractivity contribution is 7.90. The molecule has 7 nitrogen and oxygen atoms in total. The third-order valence-corrected chi connectivity index (χ3v) is 5.25. The van der Waals surface area contributed by atoms with Crippen LogP contribution in [-0.2, 0) is 20.3 Å². The molecule has 0 aliphatic carbocycles. The van der Waals surface area contributed by atoms with Gasteiger partial charge in [0.1, 0.15) is 22.2 Å². The van der Waals surface area contributed by atoms with Crippen LogP contribution in [0.1, 0.15) is 29.7 Å². The average molecular weight is 381 g/mol. The molecule has 2 aromatic rings. The van der Waals surface area contributed by atoms with Crippen LogP contribution in [0.15, 0.2) is 45.7 Å². The number of carbonyl (C=O) groups is 1. The van der Waals surface area contributed by atoms with Crippen molar-refractivity contribution < 1.29 is 27.1 Å². The first-order chi connectivity index (χ1) is 12.5. The van der Waals surface area contributed by atoms with E-state index in [0.717, 1.165) is 0 Å². The number of methoxy groups -OCH3 is 1. The van der Waals surface area contributed by atoms with E-state index in [-0.39, 0.29) is 33.8 Å². The van der Waals surface area contributed by atoms with Crippen molar-refractivity contribution in [3.05, 3.63) is 47.9 Å². The molecule has 0 spiro atoms. The fraction of sp³-hybridized carbons (Fsp3) is 0.389. The number of ether oxygens (including phenoxy) is 2. The Morgan fingerprint density at radius 3 is 2.69 bits per heavy atom. The zero-order valence-corrected chi connectivity index (χ0v) is 15.7. The SMILES string of the molecule is CCOCCCNC(=O)c1ccc(CS(=O)(=O)c2ccccc2OC)o1. The summed E-state index contributed by atoms with van der Waals surface area (Å²) in [5.74, 6) is -0.207. The van der Waals surface area contributed by atoms with Crippen molar-refractivity contribution in [3.63, 3.8) is 0 Å². The summed E-state index contributed by atoms with van der Waals surface area (Å²) in [7, 11) is -2.25. The van der Waals surface area contributed by atoms with E-state index in [1.807, 2.05) is 6.92 Å². The van der Waals surface area contributed by atoms with Gasteiger partial charge in [-0.2, -0.15) is 0 Å². The number of nitrogens with one attached hydrogen (secondary N) is 1. The highest BCUT2D eigenvalue weighted by Gasteiger charge is 2.22. The highest BCUT2D eigenvalue weighted by Crippen LogP contribution is 2.26. The molecule has 26 heavy (non-hydrogen) atoms. The Morgan fingerprint density at radius 1 is 1.19 bits per heavy atom. The van der Waals surface area contributed by atoms with Gasteiger partial charge < -0.3 is 19.2 Å². The van der Waals surface area contributed by atoms with Gasteiger partial charge in [0.05, 0.1) is 7.11 Å². The molecule has 1 heterocycles. The van der Waals surface area contributed by atoms with Crippen LogP contribution in [0, 0.1) is 0 Å². The molecule has 0 unspecified atom stereocenters. The molecule has 1 amide bonds. The molecule has 0 saturated carbocycles. The van der Waals surface area contributed by atoms with Crippen molar-refractivity contribution in [2.24, 2.45) is 0 Å². The summed E-state index contributed by atoms with van der Waals surface area (Å²) >= 11 is 0. The third-order valence-electron chi connectivity index (χ3n) is 3.58. The molecular weight excluding hydrogens is 358 g/mol. The summed E-state index contributed by atoms with van der Waals surface area (Å²) in [5, 5.41) is 2.70. The lowest BCUT2D eigenvalue weighted by molar-refractivity contribution is 0.0915. The molecule has 0 bridgehead atoms. The number of hydrogen-bond donors (Lipinski definition) is 1. The molecule has 0 aliphatic heterocycles. The second kappa shape index (κ2) is 9.40. The monoisotopic (exact) mass is 381 g/mol. The Labute approximate surface area is 153 Å². The highest BCUT2D eigenvalue weighted by atomic mass is 32.2. The van der Waals surface area contributed by atoms with Crippen LogP contribution in [0.3, 0.4) is 0 Å². The molecular formula is C18H23NO6S. The van der Waals surface area contributed by atoms with Gasteiger partial charge in [-0.15, -0.1) is 0 Å². The predicted molar refractivity (Wildman–Crippen MR) is 96.0 cm³/mol. The van der Waals surface area contributed by atoms with Gasteiger partial charge in [-0.1, -0.05) is 12.1 Å².